The molecule has 1 fully saturated rings. The number of nitrogens with one attached hydrogen (secondary N) is 1. The van der Waals surface area contributed by atoms with Crippen LogP contribution in [0, 0.1) is 5.82 Å². The normalized spacial score (nSPS) is 18.1. The molecular weight excluding hydrogens is 279 g/mol. The summed E-state index contributed by atoms with van der Waals surface area (Å²) < 4.78 is 19.8. The van der Waals surface area contributed by atoms with Crippen LogP contribution in [0.25, 0.3) is 0 Å². The predicted molar refractivity (Wildman–Crippen MR) is 76.4 cm³/mol. The van der Waals surface area contributed by atoms with Gasteiger partial charge < -0.3 is 9.73 Å². The van der Waals surface area contributed by atoms with Gasteiger partial charge in [0.2, 0.25) is 0 Å². The number of halogens is 2. The van der Waals surface area contributed by atoms with Crippen molar-refractivity contribution in [3.8, 4) is 0 Å². The Morgan fingerprint density at radius 1 is 1.20 bits per heavy atom. The molecule has 1 aromatic heterocycles. The van der Waals surface area contributed by atoms with Crippen molar-refractivity contribution in [3.63, 3.8) is 0 Å². The fourth-order valence-electron chi connectivity index (χ4n) is 2.66. The van der Waals surface area contributed by atoms with Crippen molar-refractivity contribution in [1.82, 2.24) is 10.2 Å². The van der Waals surface area contributed by atoms with E-state index >= 15 is 0 Å². The van der Waals surface area contributed by atoms with E-state index in [-0.39, 0.29) is 11.9 Å². The van der Waals surface area contributed by atoms with Gasteiger partial charge in [-0.15, -0.1) is 0 Å². The highest BCUT2D eigenvalue weighted by atomic mass is 35.5. The van der Waals surface area contributed by atoms with Gasteiger partial charge in [-0.25, -0.2) is 4.39 Å². The molecule has 2 heterocycles. The zero-order chi connectivity index (χ0) is 13.9. The number of rotatable bonds is 3. The van der Waals surface area contributed by atoms with Gasteiger partial charge in [0.05, 0.1) is 12.3 Å². The number of furan rings is 1. The van der Waals surface area contributed by atoms with Crippen LogP contribution >= 0.6 is 11.6 Å². The van der Waals surface area contributed by atoms with Crippen molar-refractivity contribution < 1.29 is 8.81 Å². The van der Waals surface area contributed by atoms with Gasteiger partial charge >= 0.3 is 0 Å². The SMILES string of the molecule is Fc1cccc(Cl)c1[C@H](c1ccco1)N1CCNCC1. The van der Waals surface area contributed by atoms with Gasteiger partial charge in [0.1, 0.15) is 11.6 Å². The van der Waals surface area contributed by atoms with E-state index in [9.17, 15) is 4.39 Å². The summed E-state index contributed by atoms with van der Waals surface area (Å²) in [7, 11) is 0. The first-order valence-corrected chi connectivity index (χ1v) is 7.07. The Balaban J connectivity index is 2.05. The maximum Gasteiger partial charge on any atom is 0.129 e. The molecule has 0 aliphatic carbocycles. The van der Waals surface area contributed by atoms with Gasteiger partial charge in [0.25, 0.3) is 0 Å². The first-order chi connectivity index (χ1) is 9.77. The van der Waals surface area contributed by atoms with Gasteiger partial charge in [0.15, 0.2) is 0 Å². The minimum atomic E-state index is -0.294. The second-order valence-corrected chi connectivity index (χ2v) is 5.25. The number of benzene rings is 1. The molecule has 3 nitrogen and oxygen atoms in total. The van der Waals surface area contributed by atoms with Crippen molar-refractivity contribution in [2.24, 2.45) is 0 Å². The molecule has 0 saturated carbocycles. The van der Waals surface area contributed by atoms with Crippen LogP contribution in [0.4, 0.5) is 4.39 Å². The highest BCUT2D eigenvalue weighted by Gasteiger charge is 2.30. The van der Waals surface area contributed by atoms with Gasteiger partial charge in [-0.1, -0.05) is 17.7 Å². The van der Waals surface area contributed by atoms with Crippen LogP contribution < -0.4 is 5.32 Å². The zero-order valence-electron chi connectivity index (χ0n) is 11.0. The van der Waals surface area contributed by atoms with Crippen LogP contribution in [0.1, 0.15) is 17.4 Å². The number of hydrogen-bond acceptors (Lipinski definition) is 3. The van der Waals surface area contributed by atoms with Crippen molar-refractivity contribution in [2.45, 2.75) is 6.04 Å². The lowest BCUT2D eigenvalue weighted by molar-refractivity contribution is 0.177. The molecule has 20 heavy (non-hydrogen) atoms. The molecule has 0 unspecified atom stereocenters. The molecule has 3 rings (SSSR count). The Hall–Kier alpha value is -1.36. The Kier molecular flexibility index (Phi) is 4.05. The van der Waals surface area contributed by atoms with Crippen molar-refractivity contribution >= 4 is 11.6 Å². The molecule has 0 spiro atoms. The second kappa shape index (κ2) is 5.95. The molecule has 0 bridgehead atoms. The molecular formula is C15H16ClFN2O. The van der Waals surface area contributed by atoms with E-state index in [1.54, 1.807) is 18.4 Å². The molecule has 106 valence electrons. The quantitative estimate of drug-likeness (QED) is 0.943. The van der Waals surface area contributed by atoms with Crippen LogP contribution in [0.2, 0.25) is 5.02 Å². The molecule has 1 aliphatic rings. The molecule has 0 radical (unpaired) electrons. The average molecular weight is 295 g/mol. The third kappa shape index (κ3) is 2.59. The maximum absolute atomic E-state index is 14.3. The fourth-order valence-corrected chi connectivity index (χ4v) is 2.93. The smallest absolute Gasteiger partial charge is 0.129 e. The lowest BCUT2D eigenvalue weighted by atomic mass is 10.0. The predicted octanol–water partition coefficient (Wildman–Crippen LogP) is 3.07. The lowest BCUT2D eigenvalue weighted by Crippen LogP contribution is -2.45. The summed E-state index contributed by atoms with van der Waals surface area (Å²) in [5, 5.41) is 3.73. The van der Waals surface area contributed by atoms with Crippen LogP contribution in [-0.4, -0.2) is 31.1 Å². The largest absolute Gasteiger partial charge is 0.467 e. The monoisotopic (exact) mass is 294 g/mol. The van der Waals surface area contributed by atoms with Crippen LogP contribution in [-0.2, 0) is 0 Å². The molecule has 1 atom stereocenters. The summed E-state index contributed by atoms with van der Waals surface area (Å²) >= 11 is 6.24. The van der Waals surface area contributed by atoms with E-state index in [0.29, 0.717) is 10.6 Å². The van der Waals surface area contributed by atoms with Crippen molar-refractivity contribution in [2.75, 3.05) is 26.2 Å². The Bertz CT molecular complexity index is 547. The van der Waals surface area contributed by atoms with E-state index in [1.165, 1.54) is 6.07 Å². The van der Waals surface area contributed by atoms with Crippen molar-refractivity contribution in [3.05, 3.63) is 58.8 Å². The summed E-state index contributed by atoms with van der Waals surface area (Å²) in [6, 6.07) is 8.20. The Labute approximate surface area is 122 Å². The van der Waals surface area contributed by atoms with Gasteiger partial charge in [0, 0.05) is 36.8 Å². The molecule has 5 heteroatoms. The zero-order valence-corrected chi connectivity index (χ0v) is 11.7. The van der Waals surface area contributed by atoms with Gasteiger partial charge in [-0.05, 0) is 24.3 Å². The molecule has 0 amide bonds. The number of hydrogen-bond donors (Lipinski definition) is 1. The highest BCUT2D eigenvalue weighted by Crippen LogP contribution is 2.35. The van der Waals surface area contributed by atoms with E-state index in [0.717, 1.165) is 31.9 Å². The summed E-state index contributed by atoms with van der Waals surface area (Å²) in [5.41, 5.74) is 0.492. The first kappa shape index (κ1) is 13.6. The number of nitrogens with zero attached hydrogens (tertiary/aromatic N) is 1. The number of piperazine rings is 1. The third-order valence-electron chi connectivity index (χ3n) is 3.60. The van der Waals surface area contributed by atoms with E-state index in [1.807, 2.05) is 12.1 Å². The van der Waals surface area contributed by atoms with E-state index in [4.69, 9.17) is 16.0 Å². The molecule has 1 saturated heterocycles. The summed E-state index contributed by atoms with van der Waals surface area (Å²) in [6.07, 6.45) is 1.61. The van der Waals surface area contributed by atoms with Crippen LogP contribution in [0.5, 0.6) is 0 Å². The third-order valence-corrected chi connectivity index (χ3v) is 3.93. The minimum absolute atomic E-state index is 0.277. The van der Waals surface area contributed by atoms with Crippen LogP contribution in [0.15, 0.2) is 41.0 Å². The topological polar surface area (TPSA) is 28.4 Å². The fraction of sp³-hybridized carbons (Fsp3) is 0.333. The second-order valence-electron chi connectivity index (χ2n) is 4.84. The lowest BCUT2D eigenvalue weighted by Gasteiger charge is -2.34. The van der Waals surface area contributed by atoms with Crippen LogP contribution in [0.3, 0.4) is 0 Å². The molecule has 1 N–H and O–H groups in total. The summed E-state index contributed by atoms with van der Waals surface area (Å²) in [5.74, 6) is 0.427. The average Bonchev–Trinajstić information content (AvgIpc) is 2.98. The Morgan fingerprint density at radius 2 is 2.00 bits per heavy atom. The van der Waals surface area contributed by atoms with Gasteiger partial charge in [-0.3, -0.25) is 4.90 Å². The molecule has 2 aromatic rings. The minimum Gasteiger partial charge on any atom is -0.467 e. The molecule has 1 aromatic carbocycles. The summed E-state index contributed by atoms with van der Waals surface area (Å²) in [4.78, 5) is 2.19. The van der Waals surface area contributed by atoms with E-state index < -0.39 is 0 Å². The first-order valence-electron chi connectivity index (χ1n) is 6.69. The highest BCUT2D eigenvalue weighted by molar-refractivity contribution is 6.31. The van der Waals surface area contributed by atoms with Gasteiger partial charge in [-0.2, -0.15) is 0 Å². The Morgan fingerprint density at radius 3 is 2.65 bits per heavy atom. The standard InChI is InChI=1S/C15H16ClFN2O/c16-11-3-1-4-12(17)14(11)15(13-5-2-10-20-13)19-8-6-18-7-9-19/h1-5,10,15,18H,6-9H2/t15-/m0/s1. The summed E-state index contributed by atoms with van der Waals surface area (Å²) in [6.45, 7) is 3.42. The maximum atomic E-state index is 14.3. The molecule has 1 aliphatic heterocycles. The van der Waals surface area contributed by atoms with E-state index in [2.05, 4.69) is 10.2 Å². The van der Waals surface area contributed by atoms with Crippen molar-refractivity contribution in [1.29, 1.82) is 0 Å².